The van der Waals surface area contributed by atoms with Crippen molar-refractivity contribution in [3.63, 3.8) is 0 Å². The van der Waals surface area contributed by atoms with Crippen LogP contribution in [-0.2, 0) is 10.0 Å². The van der Waals surface area contributed by atoms with E-state index in [0.29, 0.717) is 18.4 Å². The molecule has 0 amide bonds. The monoisotopic (exact) mass is 305 g/mol. The predicted molar refractivity (Wildman–Crippen MR) is 69.9 cm³/mol. The summed E-state index contributed by atoms with van der Waals surface area (Å²) in [4.78, 5) is 10.9. The van der Waals surface area contributed by atoms with E-state index in [2.05, 4.69) is 4.72 Å². The number of sulfonamides is 1. The number of aliphatic hydroxyl groups is 1. The number of aromatic carboxylic acids is 1. The van der Waals surface area contributed by atoms with Gasteiger partial charge in [-0.3, -0.25) is 0 Å². The molecule has 6 nitrogen and oxygen atoms in total. The summed E-state index contributed by atoms with van der Waals surface area (Å²) in [5.41, 5.74) is 0.442. The van der Waals surface area contributed by atoms with Gasteiger partial charge in [0.1, 0.15) is 9.09 Å². The quantitative estimate of drug-likeness (QED) is 0.746. The maximum absolute atomic E-state index is 12.0. The molecule has 0 aromatic carbocycles. The molecular formula is C11H15NO5S2. The Morgan fingerprint density at radius 2 is 2.16 bits per heavy atom. The van der Waals surface area contributed by atoms with E-state index >= 15 is 0 Å². The van der Waals surface area contributed by atoms with Gasteiger partial charge >= 0.3 is 5.97 Å². The Labute approximate surface area is 115 Å². The molecular weight excluding hydrogens is 290 g/mol. The molecule has 3 N–H and O–H groups in total. The lowest BCUT2D eigenvalue weighted by atomic mass is 9.83. The third-order valence-corrected chi connectivity index (χ3v) is 6.25. The van der Waals surface area contributed by atoms with E-state index in [1.165, 1.54) is 6.07 Å². The number of aryl methyl sites for hydroxylation is 1. The fraction of sp³-hybridized carbons (Fsp3) is 0.545. The van der Waals surface area contributed by atoms with E-state index in [9.17, 15) is 13.2 Å². The Kier molecular flexibility index (Phi) is 3.95. The fourth-order valence-corrected chi connectivity index (χ4v) is 4.50. The number of carboxylic acids is 1. The molecule has 0 aliphatic heterocycles. The molecule has 106 valence electrons. The molecule has 0 atom stereocenters. The zero-order valence-corrected chi connectivity index (χ0v) is 11.9. The smallest absolute Gasteiger partial charge is 0.346 e. The molecule has 1 saturated carbocycles. The minimum atomic E-state index is -3.66. The van der Waals surface area contributed by atoms with Gasteiger partial charge in [-0.25, -0.2) is 17.9 Å². The Morgan fingerprint density at radius 1 is 1.53 bits per heavy atom. The van der Waals surface area contributed by atoms with Gasteiger partial charge in [-0.05, 0) is 37.3 Å². The number of nitrogens with one attached hydrogen (secondary N) is 1. The normalized spacial score (nSPS) is 23.1. The fourth-order valence-electron chi connectivity index (χ4n) is 1.96. The molecule has 0 radical (unpaired) electrons. The van der Waals surface area contributed by atoms with Crippen molar-refractivity contribution >= 4 is 27.3 Å². The summed E-state index contributed by atoms with van der Waals surface area (Å²) in [7, 11) is -3.66. The second-order valence-corrected chi connectivity index (χ2v) is 7.77. The summed E-state index contributed by atoms with van der Waals surface area (Å²) in [5, 5.41) is 18.0. The van der Waals surface area contributed by atoms with Crippen molar-refractivity contribution in [1.29, 1.82) is 0 Å². The Morgan fingerprint density at radius 3 is 2.63 bits per heavy atom. The first-order valence-electron chi connectivity index (χ1n) is 5.81. The number of aliphatic hydroxyl groups excluding tert-OH is 1. The lowest BCUT2D eigenvalue weighted by Gasteiger charge is -2.31. The lowest BCUT2D eigenvalue weighted by Crippen LogP contribution is -2.38. The zero-order chi connectivity index (χ0) is 14.2. The van der Waals surface area contributed by atoms with Crippen LogP contribution < -0.4 is 4.72 Å². The van der Waals surface area contributed by atoms with Crippen LogP contribution in [0.15, 0.2) is 10.3 Å². The summed E-state index contributed by atoms with van der Waals surface area (Å²) < 4.78 is 26.5. The SMILES string of the molecule is Cc1cc(S(=O)(=O)NCC2CC(O)C2)sc1C(=O)O. The number of carbonyl (C=O) groups is 1. The Balaban J connectivity index is 2.06. The van der Waals surface area contributed by atoms with Crippen LogP contribution in [0.2, 0.25) is 0 Å². The summed E-state index contributed by atoms with van der Waals surface area (Å²) in [5.74, 6) is -0.962. The molecule has 2 rings (SSSR count). The lowest BCUT2D eigenvalue weighted by molar-refractivity contribution is 0.0453. The van der Waals surface area contributed by atoms with Crippen LogP contribution in [-0.4, -0.2) is 37.2 Å². The zero-order valence-electron chi connectivity index (χ0n) is 10.3. The molecule has 0 saturated heterocycles. The molecule has 1 aliphatic rings. The average molecular weight is 305 g/mol. The van der Waals surface area contributed by atoms with Crippen molar-refractivity contribution in [3.05, 3.63) is 16.5 Å². The van der Waals surface area contributed by atoms with Gasteiger partial charge in [-0.15, -0.1) is 11.3 Å². The van der Waals surface area contributed by atoms with Gasteiger partial charge in [0.05, 0.1) is 6.10 Å². The van der Waals surface area contributed by atoms with Crippen molar-refractivity contribution in [2.75, 3.05) is 6.54 Å². The van der Waals surface area contributed by atoms with Crippen LogP contribution in [0.3, 0.4) is 0 Å². The summed E-state index contributed by atoms with van der Waals surface area (Å²) in [6, 6.07) is 1.37. The molecule has 1 aliphatic carbocycles. The van der Waals surface area contributed by atoms with Crippen molar-refractivity contribution in [1.82, 2.24) is 4.72 Å². The molecule has 1 fully saturated rings. The number of thiophene rings is 1. The molecule has 8 heteroatoms. The topological polar surface area (TPSA) is 104 Å². The van der Waals surface area contributed by atoms with Crippen LogP contribution >= 0.6 is 11.3 Å². The maximum atomic E-state index is 12.0. The first-order valence-corrected chi connectivity index (χ1v) is 8.11. The third kappa shape index (κ3) is 3.14. The van der Waals surface area contributed by atoms with Gasteiger partial charge in [0, 0.05) is 6.54 Å². The molecule has 0 spiro atoms. The van der Waals surface area contributed by atoms with Crippen LogP contribution in [0, 0.1) is 12.8 Å². The Hall–Kier alpha value is -0.960. The highest BCUT2D eigenvalue weighted by molar-refractivity contribution is 7.91. The number of rotatable bonds is 5. The van der Waals surface area contributed by atoms with Crippen LogP contribution in [0.4, 0.5) is 0 Å². The second-order valence-electron chi connectivity index (χ2n) is 4.73. The first-order chi connectivity index (χ1) is 8.79. The van der Waals surface area contributed by atoms with Crippen molar-refractivity contribution in [3.8, 4) is 0 Å². The number of carboxylic acid groups (broad SMARTS) is 1. The average Bonchev–Trinajstić information content (AvgIpc) is 2.66. The predicted octanol–water partition coefficient (Wildman–Crippen LogP) is 0.804. The van der Waals surface area contributed by atoms with E-state index in [-0.39, 0.29) is 27.7 Å². The van der Waals surface area contributed by atoms with E-state index in [1.807, 2.05) is 0 Å². The highest BCUT2D eigenvalue weighted by Crippen LogP contribution is 2.28. The van der Waals surface area contributed by atoms with Crippen LogP contribution in [0.5, 0.6) is 0 Å². The molecule has 19 heavy (non-hydrogen) atoms. The van der Waals surface area contributed by atoms with Gasteiger partial charge < -0.3 is 10.2 Å². The highest BCUT2D eigenvalue weighted by Gasteiger charge is 2.29. The summed E-state index contributed by atoms with van der Waals surface area (Å²) in [6.07, 6.45) is 0.885. The van der Waals surface area contributed by atoms with E-state index in [4.69, 9.17) is 10.2 Å². The first kappa shape index (κ1) is 14.4. The number of hydrogen-bond donors (Lipinski definition) is 3. The Bertz CT molecular complexity index is 586. The standard InChI is InChI=1S/C11H15NO5S2/c1-6-2-9(18-10(6)11(14)15)19(16,17)12-5-7-3-8(13)4-7/h2,7-8,12-13H,3-5H2,1H3,(H,14,15). The van der Waals surface area contributed by atoms with Crippen molar-refractivity contribution < 1.29 is 23.4 Å². The second kappa shape index (κ2) is 5.20. The third-order valence-electron chi connectivity index (χ3n) is 3.13. The van der Waals surface area contributed by atoms with E-state index < -0.39 is 16.0 Å². The van der Waals surface area contributed by atoms with Gasteiger partial charge in [0.15, 0.2) is 0 Å². The van der Waals surface area contributed by atoms with Gasteiger partial charge in [0.2, 0.25) is 10.0 Å². The minimum Gasteiger partial charge on any atom is -0.477 e. The minimum absolute atomic E-state index is 0.0160. The van der Waals surface area contributed by atoms with Gasteiger partial charge in [-0.1, -0.05) is 0 Å². The maximum Gasteiger partial charge on any atom is 0.346 e. The number of hydrogen-bond acceptors (Lipinski definition) is 5. The van der Waals surface area contributed by atoms with Crippen LogP contribution in [0.1, 0.15) is 28.1 Å². The molecule has 0 unspecified atom stereocenters. The molecule has 1 aromatic heterocycles. The van der Waals surface area contributed by atoms with E-state index in [1.54, 1.807) is 6.92 Å². The largest absolute Gasteiger partial charge is 0.477 e. The summed E-state index contributed by atoms with van der Waals surface area (Å²) >= 11 is 0.753. The van der Waals surface area contributed by atoms with Crippen molar-refractivity contribution in [2.24, 2.45) is 5.92 Å². The van der Waals surface area contributed by atoms with Gasteiger partial charge in [0.25, 0.3) is 0 Å². The molecule has 1 heterocycles. The molecule has 1 aromatic rings. The summed E-state index contributed by atoms with van der Waals surface area (Å²) in [6.45, 7) is 1.85. The highest BCUT2D eigenvalue weighted by atomic mass is 32.2. The molecule has 0 bridgehead atoms. The van der Waals surface area contributed by atoms with Crippen molar-refractivity contribution in [2.45, 2.75) is 30.1 Å². The van der Waals surface area contributed by atoms with Gasteiger partial charge in [-0.2, -0.15) is 0 Å². The van der Waals surface area contributed by atoms with Crippen LogP contribution in [0.25, 0.3) is 0 Å². The van der Waals surface area contributed by atoms with E-state index in [0.717, 1.165) is 11.3 Å².